The number of carbonyl (C=O) groups is 3. The van der Waals surface area contributed by atoms with Crippen LogP contribution in [0, 0.1) is 0 Å². The number of hydrogen-bond acceptors (Lipinski definition) is 6. The van der Waals surface area contributed by atoms with Crippen LogP contribution in [0.3, 0.4) is 0 Å². The summed E-state index contributed by atoms with van der Waals surface area (Å²) >= 11 is 0. The van der Waals surface area contributed by atoms with E-state index in [4.69, 9.17) is 4.74 Å². The van der Waals surface area contributed by atoms with E-state index < -0.39 is 17.6 Å². The second kappa shape index (κ2) is 11.5. The topological polar surface area (TPSA) is 115 Å². The van der Waals surface area contributed by atoms with E-state index in [2.05, 4.69) is 43.4 Å². The summed E-state index contributed by atoms with van der Waals surface area (Å²) < 4.78 is 5.14. The first kappa shape index (κ1) is 25.7. The quantitative estimate of drug-likeness (QED) is 0.486. The molecule has 10 nitrogen and oxygen atoms in total. The number of anilines is 3. The zero-order valence-electron chi connectivity index (χ0n) is 20.7. The summed E-state index contributed by atoms with van der Waals surface area (Å²) in [5.41, 5.74) is 6.78. The standard InChI is InChI=1S/C25H34N6O4/c1-5-26-23(33)27-20-12-11-18(22(32)28-29-24(34)35-25(2,3)4)17-21(20)31-15-13-30(14-16-31)19-9-7-6-8-10-19/h6-12,17H,5,13-16H2,1-4H3,(H,28,32)(H,29,34)(H2,26,27,33). The first-order valence-corrected chi connectivity index (χ1v) is 11.7. The van der Waals surface area contributed by atoms with Crippen molar-refractivity contribution in [2.24, 2.45) is 0 Å². The molecule has 1 aliphatic heterocycles. The average Bonchev–Trinajstić information content (AvgIpc) is 2.82. The van der Waals surface area contributed by atoms with Crippen molar-refractivity contribution in [3.05, 3.63) is 54.1 Å². The smallest absolute Gasteiger partial charge is 0.426 e. The van der Waals surface area contributed by atoms with E-state index in [-0.39, 0.29) is 6.03 Å². The van der Waals surface area contributed by atoms with Crippen molar-refractivity contribution in [2.75, 3.05) is 47.8 Å². The van der Waals surface area contributed by atoms with Gasteiger partial charge in [-0.25, -0.2) is 15.0 Å². The van der Waals surface area contributed by atoms with Gasteiger partial charge in [-0.15, -0.1) is 0 Å². The van der Waals surface area contributed by atoms with Gasteiger partial charge in [0.15, 0.2) is 0 Å². The molecule has 0 bridgehead atoms. The zero-order chi connectivity index (χ0) is 25.4. The van der Waals surface area contributed by atoms with Crippen molar-refractivity contribution in [1.82, 2.24) is 16.2 Å². The molecule has 4 amide bonds. The molecule has 1 saturated heterocycles. The lowest BCUT2D eigenvalue weighted by Gasteiger charge is -2.38. The second-order valence-corrected chi connectivity index (χ2v) is 9.11. The normalized spacial score (nSPS) is 13.6. The Kier molecular flexibility index (Phi) is 8.40. The summed E-state index contributed by atoms with van der Waals surface area (Å²) in [6.07, 6.45) is -0.752. The van der Waals surface area contributed by atoms with E-state index in [0.29, 0.717) is 30.9 Å². The largest absolute Gasteiger partial charge is 0.443 e. The van der Waals surface area contributed by atoms with E-state index in [1.54, 1.807) is 39.0 Å². The highest BCUT2D eigenvalue weighted by atomic mass is 16.6. The summed E-state index contributed by atoms with van der Waals surface area (Å²) in [6, 6.07) is 14.9. The molecule has 0 saturated carbocycles. The van der Waals surface area contributed by atoms with Crippen LogP contribution >= 0.6 is 0 Å². The van der Waals surface area contributed by atoms with Gasteiger partial charge < -0.3 is 25.2 Å². The van der Waals surface area contributed by atoms with Crippen LogP contribution in [0.25, 0.3) is 0 Å². The molecule has 0 atom stereocenters. The molecule has 0 aliphatic carbocycles. The van der Waals surface area contributed by atoms with Gasteiger partial charge in [-0.3, -0.25) is 10.2 Å². The van der Waals surface area contributed by atoms with Crippen molar-refractivity contribution >= 4 is 35.1 Å². The van der Waals surface area contributed by atoms with E-state index in [1.165, 1.54) is 0 Å². The highest BCUT2D eigenvalue weighted by Crippen LogP contribution is 2.29. The first-order valence-electron chi connectivity index (χ1n) is 11.7. The molecule has 1 heterocycles. The van der Waals surface area contributed by atoms with Crippen molar-refractivity contribution in [3.63, 3.8) is 0 Å². The number of carbonyl (C=O) groups excluding carboxylic acids is 3. The molecular weight excluding hydrogens is 448 g/mol. The Morgan fingerprint density at radius 3 is 2.20 bits per heavy atom. The van der Waals surface area contributed by atoms with Crippen LogP contribution in [0.15, 0.2) is 48.5 Å². The third-order valence-corrected chi connectivity index (χ3v) is 5.26. The first-order chi connectivity index (χ1) is 16.7. The lowest BCUT2D eigenvalue weighted by molar-refractivity contribution is 0.0483. The zero-order valence-corrected chi connectivity index (χ0v) is 20.7. The minimum atomic E-state index is -0.752. The molecule has 1 fully saturated rings. The van der Waals surface area contributed by atoms with Crippen molar-refractivity contribution in [1.29, 1.82) is 0 Å². The summed E-state index contributed by atoms with van der Waals surface area (Å²) in [7, 11) is 0. The number of para-hydroxylation sites is 1. The Morgan fingerprint density at radius 1 is 0.914 bits per heavy atom. The minimum Gasteiger partial charge on any atom is -0.443 e. The number of hydrogen-bond donors (Lipinski definition) is 4. The van der Waals surface area contributed by atoms with E-state index in [0.717, 1.165) is 24.5 Å². The number of benzene rings is 2. The Bertz CT molecular complexity index is 1030. The third kappa shape index (κ3) is 7.53. The van der Waals surface area contributed by atoms with Crippen LogP contribution in [0.4, 0.5) is 26.7 Å². The van der Waals surface area contributed by atoms with Crippen LogP contribution in [0.1, 0.15) is 38.1 Å². The van der Waals surface area contributed by atoms with Gasteiger partial charge in [0.25, 0.3) is 5.91 Å². The van der Waals surface area contributed by atoms with Gasteiger partial charge in [0.1, 0.15) is 5.60 Å². The second-order valence-electron chi connectivity index (χ2n) is 9.11. The lowest BCUT2D eigenvalue weighted by Crippen LogP contribution is -2.47. The van der Waals surface area contributed by atoms with Crippen molar-refractivity contribution in [3.8, 4) is 0 Å². The molecule has 2 aromatic carbocycles. The Labute approximate surface area is 206 Å². The number of nitrogens with zero attached hydrogens (tertiary/aromatic N) is 2. The van der Waals surface area contributed by atoms with Gasteiger partial charge in [-0.1, -0.05) is 18.2 Å². The Morgan fingerprint density at radius 2 is 1.57 bits per heavy atom. The summed E-state index contributed by atoms with van der Waals surface area (Å²) in [4.78, 5) is 41.2. The monoisotopic (exact) mass is 482 g/mol. The summed E-state index contributed by atoms with van der Waals surface area (Å²) in [5, 5.41) is 5.59. The predicted octanol–water partition coefficient (Wildman–Crippen LogP) is 3.32. The van der Waals surface area contributed by atoms with Crippen LogP contribution in [-0.4, -0.2) is 56.4 Å². The van der Waals surface area contributed by atoms with Crippen LogP contribution < -0.4 is 31.3 Å². The van der Waals surface area contributed by atoms with Crippen LogP contribution in [-0.2, 0) is 4.74 Å². The SMILES string of the molecule is CCNC(=O)Nc1ccc(C(=O)NNC(=O)OC(C)(C)C)cc1N1CCN(c2ccccc2)CC1. The molecule has 10 heteroatoms. The molecule has 2 aromatic rings. The summed E-state index contributed by atoms with van der Waals surface area (Å²) in [5.74, 6) is -0.496. The number of amides is 4. The highest BCUT2D eigenvalue weighted by Gasteiger charge is 2.22. The van der Waals surface area contributed by atoms with E-state index in [1.807, 2.05) is 25.1 Å². The lowest BCUT2D eigenvalue weighted by atomic mass is 10.1. The van der Waals surface area contributed by atoms with Gasteiger partial charge in [0.2, 0.25) is 0 Å². The number of hydrazine groups is 1. The Balaban J connectivity index is 1.74. The van der Waals surface area contributed by atoms with Crippen molar-refractivity contribution < 1.29 is 19.1 Å². The van der Waals surface area contributed by atoms with Gasteiger partial charge in [-0.05, 0) is 58.0 Å². The van der Waals surface area contributed by atoms with Crippen molar-refractivity contribution in [2.45, 2.75) is 33.3 Å². The maximum absolute atomic E-state index is 12.7. The molecule has 35 heavy (non-hydrogen) atoms. The molecule has 1 aliphatic rings. The maximum atomic E-state index is 12.7. The van der Waals surface area contributed by atoms with Crippen LogP contribution in [0.5, 0.6) is 0 Å². The maximum Gasteiger partial charge on any atom is 0.426 e. The molecule has 0 spiro atoms. The molecule has 4 N–H and O–H groups in total. The van der Waals surface area contributed by atoms with Gasteiger partial charge in [0, 0.05) is 44.0 Å². The molecule has 3 rings (SSSR count). The number of rotatable bonds is 5. The molecule has 0 unspecified atom stereocenters. The fourth-order valence-corrected chi connectivity index (χ4v) is 3.70. The Hall–Kier alpha value is -3.95. The molecule has 0 radical (unpaired) electrons. The fraction of sp³-hybridized carbons (Fsp3) is 0.400. The number of ether oxygens (including phenoxy) is 1. The molecule has 0 aromatic heterocycles. The third-order valence-electron chi connectivity index (χ3n) is 5.26. The highest BCUT2D eigenvalue weighted by molar-refractivity contribution is 5.99. The van der Waals surface area contributed by atoms with Gasteiger partial charge in [-0.2, -0.15) is 0 Å². The number of piperazine rings is 1. The van der Waals surface area contributed by atoms with Crippen LogP contribution in [0.2, 0.25) is 0 Å². The minimum absolute atomic E-state index is 0.319. The van der Waals surface area contributed by atoms with E-state index >= 15 is 0 Å². The fourth-order valence-electron chi connectivity index (χ4n) is 3.70. The molecule has 188 valence electrons. The van der Waals surface area contributed by atoms with Gasteiger partial charge in [0.05, 0.1) is 11.4 Å². The molecular formula is C25H34N6O4. The number of urea groups is 1. The predicted molar refractivity (Wildman–Crippen MR) is 137 cm³/mol. The van der Waals surface area contributed by atoms with E-state index in [9.17, 15) is 14.4 Å². The summed E-state index contributed by atoms with van der Waals surface area (Å²) in [6.45, 7) is 10.5. The average molecular weight is 483 g/mol. The van der Waals surface area contributed by atoms with Gasteiger partial charge >= 0.3 is 12.1 Å². The number of nitrogens with one attached hydrogen (secondary N) is 4.